The normalized spacial score (nSPS) is 16.1. The molecule has 1 aliphatic rings. The van der Waals surface area contributed by atoms with Crippen molar-refractivity contribution in [3.8, 4) is 11.3 Å². The summed E-state index contributed by atoms with van der Waals surface area (Å²) < 4.78 is 31.8. The lowest BCUT2D eigenvalue weighted by molar-refractivity contribution is -0.132. The van der Waals surface area contributed by atoms with Crippen LogP contribution in [-0.2, 0) is 9.59 Å². The number of benzene rings is 1. The highest BCUT2D eigenvalue weighted by molar-refractivity contribution is 6.29. The highest BCUT2D eigenvalue weighted by atomic mass is 35.5. The predicted molar refractivity (Wildman–Crippen MR) is 111 cm³/mol. The van der Waals surface area contributed by atoms with E-state index in [9.17, 15) is 18.4 Å². The van der Waals surface area contributed by atoms with Crippen LogP contribution in [0.2, 0.25) is 0 Å². The minimum absolute atomic E-state index is 0.314. The molecule has 1 aliphatic carbocycles. The summed E-state index contributed by atoms with van der Waals surface area (Å²) in [5, 5.41) is 2.60. The predicted octanol–water partition coefficient (Wildman–Crippen LogP) is 3.36. The van der Waals surface area contributed by atoms with Crippen molar-refractivity contribution in [3.05, 3.63) is 61.1 Å². The highest BCUT2D eigenvalue weighted by Crippen LogP contribution is 2.38. The monoisotopic (exact) mass is 461 g/mol. The molecular formula is C21H18ClF2N5O3. The molecule has 1 fully saturated rings. The van der Waals surface area contributed by atoms with Gasteiger partial charge in [-0.3, -0.25) is 14.5 Å². The third-order valence-electron chi connectivity index (χ3n) is 5.08. The molecule has 0 radical (unpaired) electrons. The molecule has 1 N–H and O–H groups in total. The van der Waals surface area contributed by atoms with Crippen LogP contribution >= 0.6 is 11.6 Å². The average Bonchev–Trinajstić information content (AvgIpc) is 3.31. The topological polar surface area (TPSA) is 101 Å². The number of halogens is 3. The van der Waals surface area contributed by atoms with E-state index in [-0.39, 0.29) is 0 Å². The zero-order chi connectivity index (χ0) is 22.7. The number of hydrogen-bond acceptors (Lipinski definition) is 6. The van der Waals surface area contributed by atoms with Crippen LogP contribution < -0.4 is 10.2 Å². The summed E-state index contributed by atoms with van der Waals surface area (Å²) in [7, 11) is 0. The second kappa shape index (κ2) is 8.99. The second-order valence-electron chi connectivity index (χ2n) is 7.35. The SMILES string of the molecule is O=C(NC1CC(F)(F)C1)C(c1cncnc1)N(C(=O)CCl)c1ccc(-c2cnco2)cc1. The maximum atomic E-state index is 13.3. The molecule has 0 aliphatic heterocycles. The lowest BCUT2D eigenvalue weighted by Crippen LogP contribution is -2.54. The molecule has 2 amide bonds. The summed E-state index contributed by atoms with van der Waals surface area (Å²) in [5.41, 5.74) is 1.40. The van der Waals surface area contributed by atoms with Crippen LogP contribution in [0.3, 0.4) is 0 Å². The first-order valence-electron chi connectivity index (χ1n) is 9.68. The van der Waals surface area contributed by atoms with Gasteiger partial charge >= 0.3 is 0 Å². The maximum absolute atomic E-state index is 13.3. The molecule has 1 atom stereocenters. The van der Waals surface area contributed by atoms with Gasteiger partial charge in [0.2, 0.25) is 11.8 Å². The fourth-order valence-electron chi connectivity index (χ4n) is 3.56. The van der Waals surface area contributed by atoms with Crippen LogP contribution in [0.4, 0.5) is 14.5 Å². The van der Waals surface area contributed by atoms with Gasteiger partial charge in [-0.25, -0.2) is 23.7 Å². The number of amides is 2. The Hall–Kier alpha value is -3.40. The minimum Gasteiger partial charge on any atom is -0.444 e. The first-order valence-corrected chi connectivity index (χ1v) is 10.2. The summed E-state index contributed by atoms with van der Waals surface area (Å²) in [4.78, 5) is 39.0. The highest BCUT2D eigenvalue weighted by Gasteiger charge is 2.47. The van der Waals surface area contributed by atoms with E-state index >= 15 is 0 Å². The molecule has 11 heteroatoms. The van der Waals surface area contributed by atoms with Gasteiger partial charge in [0.05, 0.1) is 6.20 Å². The van der Waals surface area contributed by atoms with Crippen LogP contribution in [0, 0.1) is 0 Å². The van der Waals surface area contributed by atoms with E-state index in [1.54, 1.807) is 30.5 Å². The molecule has 166 valence electrons. The Morgan fingerprint density at radius 1 is 1.16 bits per heavy atom. The van der Waals surface area contributed by atoms with Crippen molar-refractivity contribution >= 4 is 29.1 Å². The van der Waals surface area contributed by atoms with Crippen molar-refractivity contribution in [3.63, 3.8) is 0 Å². The van der Waals surface area contributed by atoms with Crippen molar-refractivity contribution in [2.75, 3.05) is 10.8 Å². The number of aromatic nitrogens is 3. The minimum atomic E-state index is -2.80. The third-order valence-corrected chi connectivity index (χ3v) is 5.31. The number of oxazole rings is 1. The number of hydrogen-bond donors (Lipinski definition) is 1. The van der Waals surface area contributed by atoms with Crippen LogP contribution in [0.5, 0.6) is 0 Å². The molecule has 8 nitrogen and oxygen atoms in total. The fraction of sp³-hybridized carbons (Fsp3) is 0.286. The van der Waals surface area contributed by atoms with E-state index in [1.165, 1.54) is 30.0 Å². The number of anilines is 1. The Labute approximate surface area is 186 Å². The molecule has 1 aromatic carbocycles. The van der Waals surface area contributed by atoms with E-state index in [4.69, 9.17) is 16.0 Å². The molecule has 1 saturated carbocycles. The Morgan fingerprint density at radius 2 is 1.84 bits per heavy atom. The van der Waals surface area contributed by atoms with E-state index in [2.05, 4.69) is 20.3 Å². The molecule has 0 spiro atoms. The van der Waals surface area contributed by atoms with Gasteiger partial charge in [-0.2, -0.15) is 0 Å². The van der Waals surface area contributed by atoms with Crippen molar-refractivity contribution in [2.45, 2.75) is 30.8 Å². The first-order chi connectivity index (χ1) is 15.4. The molecular weight excluding hydrogens is 444 g/mol. The first kappa shape index (κ1) is 21.8. The molecule has 0 bridgehead atoms. The van der Waals surface area contributed by atoms with Gasteiger partial charge in [0.1, 0.15) is 18.2 Å². The molecule has 2 heterocycles. The van der Waals surface area contributed by atoms with Crippen molar-refractivity contribution in [1.29, 1.82) is 0 Å². The van der Waals surface area contributed by atoms with E-state index < -0.39 is 48.5 Å². The van der Waals surface area contributed by atoms with Crippen molar-refractivity contribution < 1.29 is 22.8 Å². The van der Waals surface area contributed by atoms with Gasteiger partial charge < -0.3 is 9.73 Å². The van der Waals surface area contributed by atoms with Gasteiger partial charge in [-0.1, -0.05) is 0 Å². The van der Waals surface area contributed by atoms with Crippen LogP contribution in [0.1, 0.15) is 24.4 Å². The zero-order valence-corrected chi connectivity index (χ0v) is 17.4. The number of alkyl halides is 3. The van der Waals surface area contributed by atoms with Crippen LogP contribution in [0.15, 0.2) is 60.0 Å². The van der Waals surface area contributed by atoms with Crippen LogP contribution in [0.25, 0.3) is 11.3 Å². The maximum Gasteiger partial charge on any atom is 0.252 e. The molecule has 3 aromatic rings. The van der Waals surface area contributed by atoms with Crippen LogP contribution in [-0.4, -0.2) is 44.6 Å². The lowest BCUT2D eigenvalue weighted by Gasteiger charge is -2.37. The van der Waals surface area contributed by atoms with Gasteiger partial charge in [0, 0.05) is 48.1 Å². The summed E-state index contributed by atoms with van der Waals surface area (Å²) in [5.74, 6) is -3.85. The third kappa shape index (κ3) is 4.59. The summed E-state index contributed by atoms with van der Waals surface area (Å²) in [6, 6.07) is 4.77. The van der Waals surface area contributed by atoms with E-state index in [1.807, 2.05) is 0 Å². The number of nitrogens with zero attached hydrogens (tertiary/aromatic N) is 4. The van der Waals surface area contributed by atoms with Crippen molar-refractivity contribution in [2.24, 2.45) is 0 Å². The van der Waals surface area contributed by atoms with Gasteiger partial charge in [-0.05, 0) is 24.3 Å². The fourth-order valence-corrected chi connectivity index (χ4v) is 3.69. The van der Waals surface area contributed by atoms with Gasteiger partial charge in [0.15, 0.2) is 12.2 Å². The molecule has 4 rings (SSSR count). The Balaban J connectivity index is 1.68. The number of carbonyl (C=O) groups excluding carboxylic acids is 2. The average molecular weight is 462 g/mol. The smallest absolute Gasteiger partial charge is 0.252 e. The quantitative estimate of drug-likeness (QED) is 0.541. The van der Waals surface area contributed by atoms with Crippen molar-refractivity contribution in [1.82, 2.24) is 20.3 Å². The Morgan fingerprint density at radius 3 is 2.41 bits per heavy atom. The molecule has 0 saturated heterocycles. The number of rotatable bonds is 7. The number of nitrogens with one attached hydrogen (secondary N) is 1. The van der Waals surface area contributed by atoms with Gasteiger partial charge in [0.25, 0.3) is 5.92 Å². The Kier molecular flexibility index (Phi) is 6.13. The number of carbonyl (C=O) groups is 2. The largest absolute Gasteiger partial charge is 0.444 e. The molecule has 32 heavy (non-hydrogen) atoms. The zero-order valence-electron chi connectivity index (χ0n) is 16.6. The van der Waals surface area contributed by atoms with E-state index in [0.717, 1.165) is 0 Å². The summed E-state index contributed by atoms with van der Waals surface area (Å²) >= 11 is 5.85. The lowest BCUT2D eigenvalue weighted by atomic mass is 9.88. The molecule has 1 unspecified atom stereocenters. The summed E-state index contributed by atoms with van der Waals surface area (Å²) in [6.45, 7) is 0. The molecule has 2 aromatic heterocycles. The summed E-state index contributed by atoms with van der Waals surface area (Å²) in [6.07, 6.45) is 6.01. The second-order valence-corrected chi connectivity index (χ2v) is 7.62. The standard InChI is InChI=1S/C21H18ClF2N5O3/c22-7-18(30)29(16-3-1-13(2-4-16)17-10-27-12-32-17)19(14-8-25-11-26-9-14)20(31)28-15-5-21(23,24)6-15/h1-4,8-12,15,19H,5-7H2,(H,28,31). The van der Waals surface area contributed by atoms with E-state index in [0.29, 0.717) is 22.6 Å². The van der Waals surface area contributed by atoms with Gasteiger partial charge in [-0.15, -0.1) is 11.6 Å². The Bertz CT molecular complexity index is 1070.